The van der Waals surface area contributed by atoms with Gasteiger partial charge in [0.05, 0.1) is 11.1 Å². The number of hydrogen-bond acceptors (Lipinski definition) is 3. The van der Waals surface area contributed by atoms with Crippen molar-refractivity contribution < 1.29 is 9.90 Å². The van der Waals surface area contributed by atoms with E-state index in [9.17, 15) is 9.90 Å². The maximum Gasteiger partial charge on any atom is 0.231 e. The molecule has 1 aliphatic heterocycles. The second-order valence-electron chi connectivity index (χ2n) is 5.28. The van der Waals surface area contributed by atoms with Crippen molar-refractivity contribution in [3.8, 4) is 5.75 Å². The van der Waals surface area contributed by atoms with Crippen molar-refractivity contribution in [1.29, 1.82) is 0 Å². The number of para-hydroxylation sites is 2. The molecule has 4 nitrogen and oxygen atoms in total. The van der Waals surface area contributed by atoms with Crippen LogP contribution < -0.4 is 10.6 Å². The SMILES string of the molecule is CCCC1(C(=O)Nc2ccccc2O)CCCNC1. The minimum Gasteiger partial charge on any atom is -0.506 e. The zero-order valence-corrected chi connectivity index (χ0v) is 11.4. The molecular formula is C15H22N2O2. The number of anilines is 1. The molecule has 4 heteroatoms. The fraction of sp³-hybridized carbons (Fsp3) is 0.533. The van der Waals surface area contributed by atoms with E-state index < -0.39 is 0 Å². The summed E-state index contributed by atoms with van der Waals surface area (Å²) in [6.45, 7) is 3.80. The van der Waals surface area contributed by atoms with Gasteiger partial charge in [0.15, 0.2) is 0 Å². The molecule has 1 fully saturated rings. The van der Waals surface area contributed by atoms with Crippen molar-refractivity contribution in [3.05, 3.63) is 24.3 Å². The zero-order chi connectivity index (χ0) is 13.7. The summed E-state index contributed by atoms with van der Waals surface area (Å²) in [6, 6.07) is 6.86. The van der Waals surface area contributed by atoms with E-state index in [-0.39, 0.29) is 17.1 Å². The first-order chi connectivity index (χ1) is 9.18. The molecule has 0 spiro atoms. The number of piperidine rings is 1. The molecule has 2 rings (SSSR count). The van der Waals surface area contributed by atoms with Crippen LogP contribution in [-0.2, 0) is 4.79 Å². The van der Waals surface area contributed by atoms with E-state index in [4.69, 9.17) is 0 Å². The van der Waals surface area contributed by atoms with Gasteiger partial charge in [-0.05, 0) is 37.9 Å². The number of hydrogen-bond donors (Lipinski definition) is 3. The highest BCUT2D eigenvalue weighted by Crippen LogP contribution is 2.34. The summed E-state index contributed by atoms with van der Waals surface area (Å²) in [7, 11) is 0. The van der Waals surface area contributed by atoms with Gasteiger partial charge in [-0.25, -0.2) is 0 Å². The molecule has 0 saturated carbocycles. The Morgan fingerprint density at radius 1 is 1.47 bits per heavy atom. The largest absolute Gasteiger partial charge is 0.506 e. The van der Waals surface area contributed by atoms with Gasteiger partial charge in [0.1, 0.15) is 5.75 Å². The Hall–Kier alpha value is -1.55. The summed E-state index contributed by atoms with van der Waals surface area (Å²) < 4.78 is 0. The first kappa shape index (κ1) is 13.9. The molecule has 1 atom stereocenters. The summed E-state index contributed by atoms with van der Waals surface area (Å²) in [4.78, 5) is 12.6. The van der Waals surface area contributed by atoms with Gasteiger partial charge in [-0.3, -0.25) is 4.79 Å². The van der Waals surface area contributed by atoms with Crippen LogP contribution in [0.4, 0.5) is 5.69 Å². The van der Waals surface area contributed by atoms with E-state index in [0.29, 0.717) is 5.69 Å². The van der Waals surface area contributed by atoms with Crippen LogP contribution in [0.3, 0.4) is 0 Å². The van der Waals surface area contributed by atoms with Gasteiger partial charge in [-0.1, -0.05) is 25.5 Å². The maximum absolute atomic E-state index is 12.6. The predicted octanol–water partition coefficient (Wildman–Crippen LogP) is 2.50. The lowest BCUT2D eigenvalue weighted by Gasteiger charge is -2.36. The van der Waals surface area contributed by atoms with Crippen molar-refractivity contribution in [3.63, 3.8) is 0 Å². The Balaban J connectivity index is 2.14. The fourth-order valence-corrected chi connectivity index (χ4v) is 2.80. The van der Waals surface area contributed by atoms with E-state index in [1.54, 1.807) is 24.3 Å². The number of phenolic OH excluding ortho intramolecular Hbond substituents is 1. The second kappa shape index (κ2) is 6.06. The Bertz CT molecular complexity index is 434. The van der Waals surface area contributed by atoms with Gasteiger partial charge in [0, 0.05) is 6.54 Å². The number of aromatic hydroxyl groups is 1. The highest BCUT2D eigenvalue weighted by molar-refractivity contribution is 5.96. The molecule has 0 bridgehead atoms. The standard InChI is InChI=1S/C15H22N2O2/c1-2-8-15(9-5-10-16-11-15)14(19)17-12-6-3-4-7-13(12)18/h3-4,6-7,16,18H,2,5,8-11H2,1H3,(H,17,19). The Kier molecular flexibility index (Phi) is 4.43. The Morgan fingerprint density at radius 2 is 2.26 bits per heavy atom. The van der Waals surface area contributed by atoms with Crippen LogP contribution in [0.2, 0.25) is 0 Å². The third-order valence-corrected chi connectivity index (χ3v) is 3.83. The molecule has 0 radical (unpaired) electrons. The van der Waals surface area contributed by atoms with Crippen molar-refractivity contribution >= 4 is 11.6 Å². The van der Waals surface area contributed by atoms with E-state index >= 15 is 0 Å². The van der Waals surface area contributed by atoms with Gasteiger partial charge >= 0.3 is 0 Å². The molecule has 1 amide bonds. The van der Waals surface area contributed by atoms with Crippen LogP contribution in [0.5, 0.6) is 5.75 Å². The van der Waals surface area contributed by atoms with Crippen molar-refractivity contribution in [2.45, 2.75) is 32.6 Å². The molecule has 0 aromatic heterocycles. The smallest absolute Gasteiger partial charge is 0.231 e. The summed E-state index contributed by atoms with van der Waals surface area (Å²) in [5.41, 5.74) is 0.156. The van der Waals surface area contributed by atoms with Crippen molar-refractivity contribution in [2.24, 2.45) is 5.41 Å². The van der Waals surface area contributed by atoms with Gasteiger partial charge in [-0.2, -0.15) is 0 Å². The number of amides is 1. The molecule has 1 aliphatic rings. The summed E-state index contributed by atoms with van der Waals surface area (Å²) in [5.74, 6) is 0.134. The van der Waals surface area contributed by atoms with Gasteiger partial charge < -0.3 is 15.7 Å². The molecule has 0 aliphatic carbocycles. The topological polar surface area (TPSA) is 61.4 Å². The molecular weight excluding hydrogens is 240 g/mol. The molecule has 104 valence electrons. The van der Waals surface area contributed by atoms with Crippen LogP contribution in [0.15, 0.2) is 24.3 Å². The normalized spacial score (nSPS) is 23.0. The highest BCUT2D eigenvalue weighted by Gasteiger charge is 2.38. The van der Waals surface area contributed by atoms with Crippen LogP contribution >= 0.6 is 0 Å². The predicted molar refractivity (Wildman–Crippen MR) is 76.2 cm³/mol. The third kappa shape index (κ3) is 3.07. The summed E-state index contributed by atoms with van der Waals surface area (Å²) in [5, 5.41) is 15.9. The quantitative estimate of drug-likeness (QED) is 0.731. The lowest BCUT2D eigenvalue weighted by Crippen LogP contribution is -2.48. The molecule has 1 saturated heterocycles. The van der Waals surface area contributed by atoms with Crippen molar-refractivity contribution in [2.75, 3.05) is 18.4 Å². The van der Waals surface area contributed by atoms with E-state index in [0.717, 1.165) is 38.8 Å². The average Bonchev–Trinajstić information content (AvgIpc) is 2.42. The first-order valence-electron chi connectivity index (χ1n) is 6.98. The molecule has 19 heavy (non-hydrogen) atoms. The molecule has 1 aromatic carbocycles. The molecule has 1 unspecified atom stereocenters. The zero-order valence-electron chi connectivity index (χ0n) is 11.4. The number of phenols is 1. The average molecular weight is 262 g/mol. The molecule has 1 aromatic rings. The van der Waals surface area contributed by atoms with Crippen LogP contribution in [0.1, 0.15) is 32.6 Å². The number of carbonyl (C=O) groups excluding carboxylic acids is 1. The van der Waals surface area contributed by atoms with E-state index in [1.165, 1.54) is 0 Å². The number of nitrogens with one attached hydrogen (secondary N) is 2. The van der Waals surface area contributed by atoms with Gasteiger partial charge in [-0.15, -0.1) is 0 Å². The number of rotatable bonds is 4. The molecule has 1 heterocycles. The fourth-order valence-electron chi connectivity index (χ4n) is 2.80. The first-order valence-corrected chi connectivity index (χ1v) is 6.98. The third-order valence-electron chi connectivity index (χ3n) is 3.83. The number of benzene rings is 1. The monoisotopic (exact) mass is 262 g/mol. The minimum atomic E-state index is -0.338. The Morgan fingerprint density at radius 3 is 2.89 bits per heavy atom. The van der Waals surface area contributed by atoms with Crippen LogP contribution in [0.25, 0.3) is 0 Å². The van der Waals surface area contributed by atoms with Crippen LogP contribution in [-0.4, -0.2) is 24.1 Å². The van der Waals surface area contributed by atoms with Gasteiger partial charge in [0.2, 0.25) is 5.91 Å². The lowest BCUT2D eigenvalue weighted by molar-refractivity contribution is -0.127. The lowest BCUT2D eigenvalue weighted by atomic mass is 9.76. The number of carbonyl (C=O) groups is 1. The van der Waals surface area contributed by atoms with E-state index in [1.807, 2.05) is 0 Å². The van der Waals surface area contributed by atoms with Crippen molar-refractivity contribution in [1.82, 2.24) is 5.32 Å². The summed E-state index contributed by atoms with van der Waals surface area (Å²) in [6.07, 6.45) is 3.79. The van der Waals surface area contributed by atoms with Gasteiger partial charge in [0.25, 0.3) is 0 Å². The summed E-state index contributed by atoms with van der Waals surface area (Å²) >= 11 is 0. The van der Waals surface area contributed by atoms with E-state index in [2.05, 4.69) is 17.6 Å². The Labute approximate surface area is 114 Å². The highest BCUT2D eigenvalue weighted by atomic mass is 16.3. The second-order valence-corrected chi connectivity index (χ2v) is 5.28. The maximum atomic E-state index is 12.6. The molecule has 3 N–H and O–H groups in total. The minimum absolute atomic E-state index is 0.0167. The van der Waals surface area contributed by atoms with Crippen LogP contribution in [0, 0.1) is 5.41 Å².